The monoisotopic (exact) mass is 472 g/mol. The van der Waals surface area contributed by atoms with E-state index >= 15 is 0 Å². The summed E-state index contributed by atoms with van der Waals surface area (Å²) >= 11 is 0. The number of carbonyl (C=O) groups excluding carboxylic acids is 1. The number of fused-ring (bicyclic) bond motifs is 2. The molecule has 2 N–H and O–H groups in total. The number of amides is 2. The highest BCUT2D eigenvalue weighted by molar-refractivity contribution is 6.03. The lowest BCUT2D eigenvalue weighted by molar-refractivity contribution is 0.257. The van der Waals surface area contributed by atoms with Gasteiger partial charge in [-0.15, -0.1) is 0 Å². The Bertz CT molecular complexity index is 1410. The Hall–Kier alpha value is -4.05. The van der Waals surface area contributed by atoms with E-state index in [-0.39, 0.29) is 11.7 Å². The Morgan fingerprint density at radius 1 is 1.09 bits per heavy atom. The smallest absolute Gasteiger partial charge is 0.327 e. The van der Waals surface area contributed by atoms with E-state index in [0.29, 0.717) is 30.2 Å². The van der Waals surface area contributed by atoms with Crippen LogP contribution in [0.1, 0.15) is 11.3 Å². The van der Waals surface area contributed by atoms with Gasteiger partial charge in [-0.1, -0.05) is 6.07 Å². The first-order valence-electron chi connectivity index (χ1n) is 11.7. The number of rotatable bonds is 3. The summed E-state index contributed by atoms with van der Waals surface area (Å²) in [7, 11) is 0. The molecule has 0 spiro atoms. The van der Waals surface area contributed by atoms with Crippen LogP contribution in [0, 0.1) is 12.7 Å². The molecule has 0 aromatic carbocycles. The molecule has 9 nitrogen and oxygen atoms in total. The van der Waals surface area contributed by atoms with Gasteiger partial charge in [-0.05, 0) is 31.5 Å². The molecule has 1 fully saturated rings. The summed E-state index contributed by atoms with van der Waals surface area (Å²) in [6, 6.07) is 8.73. The molecule has 0 unspecified atom stereocenters. The number of aromatic nitrogens is 4. The molecular formula is C25H25FN8O. The average Bonchev–Trinajstić information content (AvgIpc) is 3.48. The summed E-state index contributed by atoms with van der Waals surface area (Å²) in [4.78, 5) is 30.8. The molecule has 4 aromatic rings. The standard InChI is InChI=1S/C25H25FN8O/c1-16-14-33-15-17(12-19(26)24(33)29-16)30-25(35)34-9-5-18-22(32-10-7-27-8-11-32)13-21(31-23(18)34)20-4-2-3-6-28-20/h2-4,6,12-15,27H,5,7-11H2,1H3,(H,30,35). The molecule has 35 heavy (non-hydrogen) atoms. The van der Waals surface area contributed by atoms with Gasteiger partial charge in [-0.25, -0.2) is 19.2 Å². The molecule has 6 heterocycles. The van der Waals surface area contributed by atoms with Gasteiger partial charge in [-0.3, -0.25) is 9.88 Å². The van der Waals surface area contributed by atoms with Gasteiger partial charge in [0.05, 0.1) is 22.8 Å². The van der Waals surface area contributed by atoms with E-state index in [2.05, 4.69) is 31.6 Å². The van der Waals surface area contributed by atoms with Crippen LogP contribution in [0.5, 0.6) is 0 Å². The minimum Gasteiger partial charge on any atom is -0.369 e. The number of piperazine rings is 1. The molecule has 10 heteroatoms. The van der Waals surface area contributed by atoms with E-state index in [0.717, 1.165) is 48.8 Å². The molecule has 4 aromatic heterocycles. The molecule has 6 rings (SSSR count). The molecule has 178 valence electrons. The van der Waals surface area contributed by atoms with E-state index < -0.39 is 5.82 Å². The molecule has 0 aliphatic carbocycles. The second kappa shape index (κ2) is 8.62. The topological polar surface area (TPSA) is 90.7 Å². The van der Waals surface area contributed by atoms with Crippen molar-refractivity contribution in [3.8, 4) is 11.4 Å². The number of urea groups is 1. The zero-order valence-electron chi connectivity index (χ0n) is 19.3. The second-order valence-corrected chi connectivity index (χ2v) is 8.80. The zero-order valence-corrected chi connectivity index (χ0v) is 19.3. The van der Waals surface area contributed by atoms with Crippen LogP contribution in [0.2, 0.25) is 0 Å². The summed E-state index contributed by atoms with van der Waals surface area (Å²) in [6.45, 7) is 5.87. The predicted octanol–water partition coefficient (Wildman–Crippen LogP) is 3.24. The number of anilines is 3. The van der Waals surface area contributed by atoms with Crippen LogP contribution in [0.25, 0.3) is 17.0 Å². The molecule has 2 aliphatic rings. The van der Waals surface area contributed by atoms with E-state index in [1.807, 2.05) is 18.2 Å². The molecule has 2 amide bonds. The highest BCUT2D eigenvalue weighted by atomic mass is 19.1. The minimum atomic E-state index is -0.491. The number of pyridine rings is 3. The van der Waals surface area contributed by atoms with E-state index in [4.69, 9.17) is 4.98 Å². The van der Waals surface area contributed by atoms with Gasteiger partial charge < -0.3 is 19.9 Å². The fourth-order valence-electron chi connectivity index (χ4n) is 4.81. The highest BCUT2D eigenvalue weighted by Gasteiger charge is 2.31. The number of nitrogens with one attached hydrogen (secondary N) is 2. The van der Waals surface area contributed by atoms with Gasteiger partial charge in [0, 0.05) is 68.6 Å². The number of aryl methyl sites for hydroxylation is 1. The molecular weight excluding hydrogens is 447 g/mol. The van der Waals surface area contributed by atoms with Gasteiger partial charge in [0.1, 0.15) is 5.82 Å². The highest BCUT2D eigenvalue weighted by Crippen LogP contribution is 2.37. The fourth-order valence-corrected chi connectivity index (χ4v) is 4.81. The zero-order chi connectivity index (χ0) is 23.9. The van der Waals surface area contributed by atoms with Crippen molar-refractivity contribution in [1.82, 2.24) is 24.7 Å². The van der Waals surface area contributed by atoms with E-state index in [9.17, 15) is 9.18 Å². The Balaban J connectivity index is 1.36. The molecule has 0 bridgehead atoms. The molecule has 0 radical (unpaired) electrons. The molecule has 0 atom stereocenters. The van der Waals surface area contributed by atoms with Crippen molar-refractivity contribution in [3.05, 3.63) is 66.0 Å². The Morgan fingerprint density at radius 3 is 2.74 bits per heavy atom. The molecule has 1 saturated heterocycles. The largest absolute Gasteiger partial charge is 0.369 e. The van der Waals surface area contributed by atoms with Crippen molar-refractivity contribution in [2.24, 2.45) is 0 Å². The normalized spacial score (nSPS) is 15.5. The third kappa shape index (κ3) is 3.95. The summed E-state index contributed by atoms with van der Waals surface area (Å²) < 4.78 is 16.1. The predicted molar refractivity (Wildman–Crippen MR) is 133 cm³/mol. The summed E-state index contributed by atoms with van der Waals surface area (Å²) in [5.74, 6) is 0.133. The summed E-state index contributed by atoms with van der Waals surface area (Å²) in [5, 5.41) is 6.23. The lowest BCUT2D eigenvalue weighted by Gasteiger charge is -2.31. The van der Waals surface area contributed by atoms with Crippen molar-refractivity contribution in [2.45, 2.75) is 13.3 Å². The van der Waals surface area contributed by atoms with Crippen LogP contribution < -0.4 is 20.4 Å². The maximum absolute atomic E-state index is 14.5. The van der Waals surface area contributed by atoms with Crippen molar-refractivity contribution >= 4 is 28.9 Å². The van der Waals surface area contributed by atoms with Crippen LogP contribution >= 0.6 is 0 Å². The Kier molecular flexibility index (Phi) is 5.29. The van der Waals surface area contributed by atoms with Crippen LogP contribution in [0.4, 0.5) is 26.4 Å². The second-order valence-electron chi connectivity index (χ2n) is 8.80. The van der Waals surface area contributed by atoms with Crippen LogP contribution in [0.15, 0.2) is 48.9 Å². The fraction of sp³-hybridized carbons (Fsp3) is 0.280. The van der Waals surface area contributed by atoms with Crippen LogP contribution in [0.3, 0.4) is 0 Å². The lowest BCUT2D eigenvalue weighted by atomic mass is 10.1. The SMILES string of the molecule is Cc1cn2cc(NC(=O)N3CCc4c(N5CCNCC5)cc(-c5ccccn5)nc43)cc(F)c2n1. The van der Waals surface area contributed by atoms with Gasteiger partial charge in [0.25, 0.3) is 0 Å². The number of hydrogen-bond acceptors (Lipinski definition) is 6. The first kappa shape index (κ1) is 21.5. The Morgan fingerprint density at radius 2 is 1.94 bits per heavy atom. The maximum Gasteiger partial charge on any atom is 0.327 e. The quantitative estimate of drug-likeness (QED) is 0.476. The lowest BCUT2D eigenvalue weighted by Crippen LogP contribution is -2.44. The number of carbonyl (C=O) groups is 1. The van der Waals surface area contributed by atoms with Gasteiger partial charge >= 0.3 is 6.03 Å². The average molecular weight is 473 g/mol. The maximum atomic E-state index is 14.5. The molecule has 0 saturated carbocycles. The van der Waals surface area contributed by atoms with Gasteiger partial charge in [-0.2, -0.15) is 0 Å². The van der Waals surface area contributed by atoms with Crippen LogP contribution in [-0.2, 0) is 6.42 Å². The number of hydrogen-bond donors (Lipinski definition) is 2. The number of nitrogens with zero attached hydrogens (tertiary/aromatic N) is 6. The Labute approximate surface area is 201 Å². The van der Waals surface area contributed by atoms with Crippen molar-refractivity contribution < 1.29 is 9.18 Å². The van der Waals surface area contributed by atoms with Crippen molar-refractivity contribution in [1.29, 1.82) is 0 Å². The van der Waals surface area contributed by atoms with E-state index in [1.54, 1.807) is 34.8 Å². The summed E-state index contributed by atoms with van der Waals surface area (Å²) in [6.07, 6.45) is 5.82. The number of imidazole rings is 1. The first-order chi connectivity index (χ1) is 17.1. The van der Waals surface area contributed by atoms with E-state index in [1.165, 1.54) is 6.07 Å². The number of halogens is 1. The van der Waals surface area contributed by atoms with Gasteiger partial charge in [0.2, 0.25) is 0 Å². The third-order valence-electron chi connectivity index (χ3n) is 6.43. The molecule has 2 aliphatic heterocycles. The first-order valence-corrected chi connectivity index (χ1v) is 11.7. The summed E-state index contributed by atoms with van der Waals surface area (Å²) in [5.41, 5.74) is 4.90. The van der Waals surface area contributed by atoms with Crippen molar-refractivity contribution in [3.63, 3.8) is 0 Å². The minimum absolute atomic E-state index is 0.231. The van der Waals surface area contributed by atoms with Crippen LogP contribution in [-0.4, -0.2) is 58.1 Å². The van der Waals surface area contributed by atoms with Crippen molar-refractivity contribution in [2.75, 3.05) is 47.8 Å². The third-order valence-corrected chi connectivity index (χ3v) is 6.43. The van der Waals surface area contributed by atoms with Gasteiger partial charge in [0.15, 0.2) is 11.5 Å².